The Hall–Kier alpha value is -1.02. The highest BCUT2D eigenvalue weighted by Gasteiger charge is 2.06. The highest BCUT2D eigenvalue weighted by molar-refractivity contribution is 5.37. The van der Waals surface area contributed by atoms with Gasteiger partial charge >= 0.3 is 0 Å². The molecule has 2 N–H and O–H groups in total. The second-order valence-electron chi connectivity index (χ2n) is 3.62. The van der Waals surface area contributed by atoms with E-state index in [1.807, 2.05) is 19.1 Å². The number of nitrogens with two attached hydrogens (primary N) is 1. The minimum absolute atomic E-state index is 0.157. The summed E-state index contributed by atoms with van der Waals surface area (Å²) in [5, 5.41) is 0. The third-order valence-corrected chi connectivity index (χ3v) is 2.45. The first kappa shape index (κ1) is 11.1. The maximum atomic E-state index is 6.03. The number of ether oxygens (including phenoxy) is 1. The molecule has 1 aromatic carbocycles. The van der Waals surface area contributed by atoms with Crippen LogP contribution in [-0.2, 0) is 0 Å². The minimum Gasteiger partial charge on any atom is -0.496 e. The lowest BCUT2D eigenvalue weighted by molar-refractivity contribution is 0.411. The average molecular weight is 193 g/mol. The van der Waals surface area contributed by atoms with Gasteiger partial charge in [0.25, 0.3) is 0 Å². The third kappa shape index (κ3) is 2.48. The first-order valence-corrected chi connectivity index (χ1v) is 5.09. The van der Waals surface area contributed by atoms with E-state index in [1.165, 1.54) is 5.56 Å². The lowest BCUT2D eigenvalue weighted by Gasteiger charge is -2.13. The molecular weight excluding hydrogens is 174 g/mol. The monoisotopic (exact) mass is 193 g/mol. The normalized spacial score (nSPS) is 12.6. The van der Waals surface area contributed by atoms with Gasteiger partial charge in [0.1, 0.15) is 5.75 Å². The van der Waals surface area contributed by atoms with Crippen molar-refractivity contribution in [3.63, 3.8) is 0 Å². The lowest BCUT2D eigenvalue weighted by Crippen LogP contribution is -2.09. The van der Waals surface area contributed by atoms with Gasteiger partial charge in [0.15, 0.2) is 0 Å². The largest absolute Gasteiger partial charge is 0.496 e. The van der Waals surface area contributed by atoms with Crippen molar-refractivity contribution in [2.45, 2.75) is 32.7 Å². The lowest BCUT2D eigenvalue weighted by atomic mass is 10.0. The summed E-state index contributed by atoms with van der Waals surface area (Å²) < 4.78 is 5.20. The van der Waals surface area contributed by atoms with Gasteiger partial charge < -0.3 is 10.5 Å². The predicted octanol–water partition coefficient (Wildman–Crippen LogP) is 2.80. The fraction of sp³-hybridized carbons (Fsp3) is 0.500. The number of benzene rings is 1. The fourth-order valence-corrected chi connectivity index (χ4v) is 1.61. The number of methoxy groups -OCH3 is 1. The highest BCUT2D eigenvalue weighted by Crippen LogP contribution is 2.23. The van der Waals surface area contributed by atoms with Crippen LogP contribution >= 0.6 is 0 Å². The maximum Gasteiger partial charge on any atom is 0.121 e. The molecule has 0 fully saturated rings. The molecule has 1 rings (SSSR count). The quantitative estimate of drug-likeness (QED) is 0.798. The van der Waals surface area contributed by atoms with Gasteiger partial charge in [-0.3, -0.25) is 0 Å². The number of aryl methyl sites for hydroxylation is 1. The van der Waals surface area contributed by atoms with E-state index in [2.05, 4.69) is 13.0 Å². The summed E-state index contributed by atoms with van der Waals surface area (Å²) in [7, 11) is 1.69. The van der Waals surface area contributed by atoms with E-state index in [0.717, 1.165) is 24.2 Å². The van der Waals surface area contributed by atoms with E-state index in [4.69, 9.17) is 10.5 Å². The van der Waals surface area contributed by atoms with E-state index in [9.17, 15) is 0 Å². The molecule has 0 radical (unpaired) electrons. The van der Waals surface area contributed by atoms with Crippen LogP contribution in [0.4, 0.5) is 0 Å². The second-order valence-corrected chi connectivity index (χ2v) is 3.62. The molecule has 2 nitrogen and oxygen atoms in total. The summed E-state index contributed by atoms with van der Waals surface area (Å²) in [6.07, 6.45) is 2.15. The van der Waals surface area contributed by atoms with Crippen molar-refractivity contribution in [3.05, 3.63) is 29.3 Å². The molecule has 0 saturated carbocycles. The van der Waals surface area contributed by atoms with Crippen molar-refractivity contribution in [1.82, 2.24) is 0 Å². The van der Waals surface area contributed by atoms with Crippen LogP contribution in [-0.4, -0.2) is 7.11 Å². The van der Waals surface area contributed by atoms with Crippen LogP contribution < -0.4 is 10.5 Å². The van der Waals surface area contributed by atoms with Crippen LogP contribution in [0.2, 0.25) is 0 Å². The van der Waals surface area contributed by atoms with Crippen molar-refractivity contribution in [2.24, 2.45) is 5.73 Å². The summed E-state index contributed by atoms with van der Waals surface area (Å²) in [6.45, 7) is 4.19. The van der Waals surface area contributed by atoms with Crippen LogP contribution in [0.5, 0.6) is 5.75 Å². The van der Waals surface area contributed by atoms with Crippen LogP contribution in [0.25, 0.3) is 0 Å². The summed E-state index contributed by atoms with van der Waals surface area (Å²) in [4.78, 5) is 0. The first-order valence-electron chi connectivity index (χ1n) is 5.09. The zero-order valence-corrected chi connectivity index (χ0v) is 9.21. The van der Waals surface area contributed by atoms with Crippen LogP contribution in [0.1, 0.15) is 36.9 Å². The third-order valence-electron chi connectivity index (χ3n) is 2.45. The van der Waals surface area contributed by atoms with Gasteiger partial charge in [-0.05, 0) is 30.5 Å². The van der Waals surface area contributed by atoms with Crippen LogP contribution in [0.3, 0.4) is 0 Å². The van der Waals surface area contributed by atoms with Crippen molar-refractivity contribution < 1.29 is 4.74 Å². The van der Waals surface area contributed by atoms with Crippen molar-refractivity contribution in [1.29, 1.82) is 0 Å². The van der Waals surface area contributed by atoms with Gasteiger partial charge in [-0.1, -0.05) is 25.5 Å². The number of rotatable bonds is 4. The average Bonchev–Trinajstić information content (AvgIpc) is 2.18. The van der Waals surface area contributed by atoms with Crippen LogP contribution in [0, 0.1) is 6.92 Å². The standard InChI is InChI=1S/C12H19NO/c1-4-5-11(13)10-6-7-12(14-3)9(2)8-10/h6-8,11H,4-5,13H2,1-3H3/t11-/m0/s1. The molecule has 2 heteroatoms. The topological polar surface area (TPSA) is 35.2 Å². The molecule has 1 atom stereocenters. The Balaban J connectivity index is 2.85. The number of hydrogen-bond acceptors (Lipinski definition) is 2. The smallest absolute Gasteiger partial charge is 0.121 e. The summed E-state index contributed by atoms with van der Waals surface area (Å²) in [5.41, 5.74) is 8.37. The predicted molar refractivity (Wildman–Crippen MR) is 59.6 cm³/mol. The van der Waals surface area contributed by atoms with Gasteiger partial charge in [0, 0.05) is 6.04 Å². The SMILES string of the molecule is CCC[C@H](N)c1ccc(OC)c(C)c1. The second kappa shape index (κ2) is 5.01. The van der Waals surface area contributed by atoms with Gasteiger partial charge in [-0.2, -0.15) is 0 Å². The first-order chi connectivity index (χ1) is 6.69. The summed E-state index contributed by atoms with van der Waals surface area (Å²) in [5.74, 6) is 0.928. The molecule has 0 bridgehead atoms. The van der Waals surface area contributed by atoms with E-state index < -0.39 is 0 Å². The molecule has 0 aromatic heterocycles. The van der Waals surface area contributed by atoms with Crippen molar-refractivity contribution in [2.75, 3.05) is 7.11 Å². The zero-order chi connectivity index (χ0) is 10.6. The van der Waals surface area contributed by atoms with Gasteiger partial charge in [0.05, 0.1) is 7.11 Å². The van der Waals surface area contributed by atoms with Crippen molar-refractivity contribution in [3.8, 4) is 5.75 Å². The zero-order valence-electron chi connectivity index (χ0n) is 9.21. The Bertz CT molecular complexity index is 296. The molecule has 0 aliphatic carbocycles. The summed E-state index contributed by atoms with van der Waals surface area (Å²) >= 11 is 0. The molecule has 1 aromatic rings. The molecule has 0 aliphatic rings. The maximum absolute atomic E-state index is 6.03. The fourth-order valence-electron chi connectivity index (χ4n) is 1.61. The molecule has 78 valence electrons. The molecule has 0 aliphatic heterocycles. The summed E-state index contributed by atoms with van der Waals surface area (Å²) in [6, 6.07) is 6.30. The molecular formula is C12H19NO. The molecule has 0 saturated heterocycles. The van der Waals surface area contributed by atoms with Crippen LogP contribution in [0.15, 0.2) is 18.2 Å². The minimum atomic E-state index is 0.157. The Morgan fingerprint density at radius 1 is 1.43 bits per heavy atom. The molecule has 0 unspecified atom stereocenters. The molecule has 0 spiro atoms. The Morgan fingerprint density at radius 3 is 2.64 bits per heavy atom. The molecule has 14 heavy (non-hydrogen) atoms. The Labute approximate surface area is 86.1 Å². The van der Waals surface area contributed by atoms with E-state index in [0.29, 0.717) is 0 Å². The molecule has 0 amide bonds. The van der Waals surface area contributed by atoms with E-state index in [1.54, 1.807) is 7.11 Å². The van der Waals surface area contributed by atoms with Gasteiger partial charge in [-0.25, -0.2) is 0 Å². The highest BCUT2D eigenvalue weighted by atomic mass is 16.5. The number of hydrogen-bond donors (Lipinski definition) is 1. The van der Waals surface area contributed by atoms with Gasteiger partial charge in [-0.15, -0.1) is 0 Å². The van der Waals surface area contributed by atoms with Gasteiger partial charge in [0.2, 0.25) is 0 Å². The Morgan fingerprint density at radius 2 is 2.14 bits per heavy atom. The van der Waals surface area contributed by atoms with E-state index >= 15 is 0 Å². The molecule has 0 heterocycles. The van der Waals surface area contributed by atoms with E-state index in [-0.39, 0.29) is 6.04 Å². The Kier molecular flexibility index (Phi) is 3.96. The van der Waals surface area contributed by atoms with Crippen molar-refractivity contribution >= 4 is 0 Å².